The molecule has 0 amide bonds. The van der Waals surface area contributed by atoms with E-state index < -0.39 is 5.56 Å². The lowest BCUT2D eigenvalue weighted by Gasteiger charge is -2.12. The Hall–Kier alpha value is -2.64. The molecular weight excluding hydrogens is 336 g/mol. The predicted octanol–water partition coefficient (Wildman–Crippen LogP) is 2.68. The van der Waals surface area contributed by atoms with Gasteiger partial charge in [0, 0.05) is 0 Å². The van der Waals surface area contributed by atoms with E-state index in [2.05, 4.69) is 20.8 Å². The summed E-state index contributed by atoms with van der Waals surface area (Å²) in [6.07, 6.45) is 0. The molecule has 4 N–H and O–H groups in total. The van der Waals surface area contributed by atoms with Gasteiger partial charge in [-0.25, -0.2) is 0 Å². The average Bonchev–Trinajstić information content (AvgIpc) is 2.53. The van der Waals surface area contributed by atoms with Crippen LogP contribution in [0.4, 0.5) is 11.4 Å². The Morgan fingerprint density at radius 2 is 1.57 bits per heavy atom. The second-order valence-electron chi connectivity index (χ2n) is 4.70. The predicted molar refractivity (Wildman–Crippen MR) is 96.5 cm³/mol. The van der Waals surface area contributed by atoms with E-state index in [1.54, 1.807) is 36.4 Å². The first kappa shape index (κ1) is 15.3. The van der Waals surface area contributed by atoms with Crippen molar-refractivity contribution in [3.8, 4) is 0 Å². The van der Waals surface area contributed by atoms with Crippen LogP contribution in [0.5, 0.6) is 0 Å². The quantitative estimate of drug-likeness (QED) is 0.536. The third-order valence-electron chi connectivity index (χ3n) is 3.20. The summed E-state index contributed by atoms with van der Waals surface area (Å²) in [7, 11) is 0. The molecule has 2 aromatic carbocycles. The summed E-state index contributed by atoms with van der Waals surface area (Å²) >= 11 is 11.3. The van der Waals surface area contributed by atoms with Gasteiger partial charge in [-0.1, -0.05) is 29.8 Å². The molecule has 3 aromatic rings. The van der Waals surface area contributed by atoms with Crippen molar-refractivity contribution in [3.05, 3.63) is 68.2 Å². The largest absolute Gasteiger partial charge is 0.332 e. The molecule has 6 nitrogen and oxygen atoms in total. The van der Waals surface area contributed by atoms with Crippen LogP contribution < -0.4 is 21.8 Å². The van der Waals surface area contributed by atoms with E-state index in [1.807, 2.05) is 6.07 Å². The van der Waals surface area contributed by atoms with Crippen molar-refractivity contribution >= 4 is 51.1 Å². The maximum absolute atomic E-state index is 12.0. The number of fused-ring (bicyclic) bond motifs is 1. The number of halogens is 1. The molecule has 23 heavy (non-hydrogen) atoms. The normalized spacial score (nSPS) is 10.5. The van der Waals surface area contributed by atoms with Crippen LogP contribution in [0.3, 0.4) is 0 Å². The Balaban J connectivity index is 1.95. The summed E-state index contributed by atoms with van der Waals surface area (Å²) in [5.41, 5.74) is 0.273. The molecule has 0 aliphatic carbocycles. The number of aromatic nitrogens is 2. The molecule has 3 rings (SSSR count). The topological polar surface area (TPSA) is 89.8 Å². The number of thiocarbonyl (C=S) groups is 1. The maximum atomic E-state index is 12.0. The van der Waals surface area contributed by atoms with Gasteiger partial charge in [-0.05, 0) is 36.5 Å². The Bertz CT molecular complexity index is 1010. The first-order valence-electron chi connectivity index (χ1n) is 6.62. The molecule has 0 fully saturated rings. The molecule has 0 atom stereocenters. The smallest absolute Gasteiger partial charge is 0.272 e. The molecule has 0 radical (unpaired) electrons. The van der Waals surface area contributed by atoms with Crippen molar-refractivity contribution in [2.75, 3.05) is 10.6 Å². The van der Waals surface area contributed by atoms with Gasteiger partial charge in [-0.2, -0.15) is 0 Å². The zero-order valence-corrected chi connectivity index (χ0v) is 13.2. The van der Waals surface area contributed by atoms with Crippen molar-refractivity contribution in [1.82, 2.24) is 10.2 Å². The van der Waals surface area contributed by atoms with Gasteiger partial charge in [0.25, 0.3) is 11.1 Å². The highest BCUT2D eigenvalue weighted by Crippen LogP contribution is 2.21. The van der Waals surface area contributed by atoms with Gasteiger partial charge >= 0.3 is 0 Å². The third-order valence-corrected chi connectivity index (χ3v) is 3.73. The molecule has 0 aliphatic rings. The first-order valence-corrected chi connectivity index (χ1v) is 7.41. The number of anilines is 2. The molecule has 0 saturated carbocycles. The Labute approximate surface area is 140 Å². The van der Waals surface area contributed by atoms with Crippen molar-refractivity contribution in [1.29, 1.82) is 0 Å². The molecule has 116 valence electrons. The van der Waals surface area contributed by atoms with E-state index in [0.29, 0.717) is 16.4 Å². The lowest BCUT2D eigenvalue weighted by Crippen LogP contribution is -2.23. The monoisotopic (exact) mass is 346 g/mol. The maximum Gasteiger partial charge on any atom is 0.272 e. The number of hydrogen-bond acceptors (Lipinski definition) is 3. The fourth-order valence-corrected chi connectivity index (χ4v) is 2.58. The molecule has 8 heteroatoms. The molecular formula is C15H11ClN4O2S. The lowest BCUT2D eigenvalue weighted by molar-refractivity contribution is 0.977. The number of nitrogens with one attached hydrogen (secondary N) is 4. The van der Waals surface area contributed by atoms with Gasteiger partial charge < -0.3 is 10.6 Å². The molecule has 0 aliphatic heterocycles. The van der Waals surface area contributed by atoms with Crippen molar-refractivity contribution in [2.45, 2.75) is 0 Å². The first-order chi connectivity index (χ1) is 11.1. The molecule has 0 unspecified atom stereocenters. The van der Waals surface area contributed by atoms with Gasteiger partial charge in [-0.3, -0.25) is 19.8 Å². The summed E-state index contributed by atoms with van der Waals surface area (Å²) in [6.45, 7) is 0. The number of hydrogen-bond donors (Lipinski definition) is 4. The van der Waals surface area contributed by atoms with Gasteiger partial charge in [0.1, 0.15) is 0 Å². The summed E-state index contributed by atoms with van der Waals surface area (Å²) in [5, 5.41) is 11.7. The van der Waals surface area contributed by atoms with Gasteiger partial charge in [0.2, 0.25) is 0 Å². The Morgan fingerprint density at radius 1 is 0.913 bits per heavy atom. The van der Waals surface area contributed by atoms with Crippen LogP contribution in [0.2, 0.25) is 5.02 Å². The highest BCUT2D eigenvalue weighted by atomic mass is 35.5. The second-order valence-corrected chi connectivity index (χ2v) is 5.51. The van der Waals surface area contributed by atoms with Gasteiger partial charge in [-0.15, -0.1) is 0 Å². The molecule has 0 saturated heterocycles. The Kier molecular flexibility index (Phi) is 4.14. The number of aromatic amines is 2. The highest BCUT2D eigenvalue weighted by molar-refractivity contribution is 7.80. The standard InChI is InChI=1S/C15H11ClN4O2S/c16-9-5-1-2-6-10(9)17-15(23)18-11-7-3-4-8-12(11)14(22)20-19-13(8)21/h1-7H,(H,19,21)(H,20,22)(H2,17,18,23). The van der Waals surface area contributed by atoms with E-state index >= 15 is 0 Å². The van der Waals surface area contributed by atoms with Gasteiger partial charge in [0.05, 0.1) is 27.2 Å². The van der Waals surface area contributed by atoms with E-state index in [-0.39, 0.29) is 21.4 Å². The van der Waals surface area contributed by atoms with E-state index in [4.69, 9.17) is 23.8 Å². The van der Waals surface area contributed by atoms with Crippen molar-refractivity contribution in [3.63, 3.8) is 0 Å². The van der Waals surface area contributed by atoms with E-state index in [0.717, 1.165) is 0 Å². The van der Waals surface area contributed by atoms with Crippen LogP contribution in [-0.4, -0.2) is 15.3 Å². The zero-order chi connectivity index (χ0) is 16.4. The fraction of sp³-hybridized carbons (Fsp3) is 0. The fourth-order valence-electron chi connectivity index (χ4n) is 2.17. The summed E-state index contributed by atoms with van der Waals surface area (Å²) in [5.74, 6) is 0. The number of para-hydroxylation sites is 1. The van der Waals surface area contributed by atoms with Crippen LogP contribution >= 0.6 is 23.8 Å². The molecule has 1 heterocycles. The SMILES string of the molecule is O=c1[nH][nH]c(=O)c2c(NC(=S)Nc3ccccc3Cl)cccc12. The molecule has 1 aromatic heterocycles. The third kappa shape index (κ3) is 3.10. The van der Waals surface area contributed by atoms with Crippen LogP contribution in [-0.2, 0) is 0 Å². The minimum absolute atomic E-state index is 0.236. The molecule has 0 spiro atoms. The van der Waals surface area contributed by atoms with E-state index in [1.165, 1.54) is 0 Å². The average molecular weight is 347 g/mol. The van der Waals surface area contributed by atoms with Crippen LogP contribution in [0.1, 0.15) is 0 Å². The van der Waals surface area contributed by atoms with Crippen molar-refractivity contribution < 1.29 is 0 Å². The van der Waals surface area contributed by atoms with Crippen molar-refractivity contribution in [2.24, 2.45) is 0 Å². The Morgan fingerprint density at radius 3 is 2.35 bits per heavy atom. The van der Waals surface area contributed by atoms with E-state index in [9.17, 15) is 9.59 Å². The van der Waals surface area contributed by atoms with Crippen LogP contribution in [0, 0.1) is 0 Å². The minimum atomic E-state index is -0.414. The summed E-state index contributed by atoms with van der Waals surface area (Å²) in [4.78, 5) is 23.8. The summed E-state index contributed by atoms with van der Waals surface area (Å²) < 4.78 is 0. The summed E-state index contributed by atoms with van der Waals surface area (Å²) in [6, 6.07) is 12.0. The zero-order valence-electron chi connectivity index (χ0n) is 11.6. The van der Waals surface area contributed by atoms with Crippen LogP contribution in [0.25, 0.3) is 10.8 Å². The molecule has 0 bridgehead atoms. The number of H-pyrrole nitrogens is 2. The van der Waals surface area contributed by atoms with Gasteiger partial charge in [0.15, 0.2) is 5.11 Å². The number of rotatable bonds is 2. The van der Waals surface area contributed by atoms with Crippen LogP contribution in [0.15, 0.2) is 52.1 Å². The second kappa shape index (κ2) is 6.23. The lowest BCUT2D eigenvalue weighted by atomic mass is 10.1. The highest BCUT2D eigenvalue weighted by Gasteiger charge is 2.10. The number of benzene rings is 2. The minimum Gasteiger partial charge on any atom is -0.332 e.